The summed E-state index contributed by atoms with van der Waals surface area (Å²) in [5.41, 5.74) is 0.390. The van der Waals surface area contributed by atoms with Gasteiger partial charge >= 0.3 is 0 Å². The average Bonchev–Trinajstić information content (AvgIpc) is 3.01. The molecule has 1 aromatic rings. The number of rotatable bonds is 3. The first-order chi connectivity index (χ1) is 9.95. The standard InChI is InChI=1S/C14H22N2O4S/c1-10-13(9-17)14(11(2)20-10)21(18,19)16-7-6-15-5-3-4-12(15)8-16/h12,17H,3-9H2,1-2H3. The molecule has 0 aromatic carbocycles. The normalized spacial score (nSPS) is 24.4. The third kappa shape index (κ3) is 2.42. The number of aliphatic hydroxyl groups is 1. The van der Waals surface area contributed by atoms with Gasteiger partial charge in [0.15, 0.2) is 0 Å². The van der Waals surface area contributed by atoms with Crippen molar-refractivity contribution in [2.45, 2.75) is 44.2 Å². The zero-order chi connectivity index (χ0) is 15.2. The first kappa shape index (κ1) is 15.0. The van der Waals surface area contributed by atoms with E-state index in [-0.39, 0.29) is 11.5 Å². The summed E-state index contributed by atoms with van der Waals surface area (Å²) in [6, 6.07) is 0.333. The largest absolute Gasteiger partial charge is 0.465 e. The Labute approximate surface area is 125 Å². The third-order valence-electron chi connectivity index (χ3n) is 4.63. The molecule has 2 aliphatic rings. The van der Waals surface area contributed by atoms with Gasteiger partial charge < -0.3 is 9.52 Å². The maximum absolute atomic E-state index is 12.9. The number of hydrogen-bond donors (Lipinski definition) is 1. The summed E-state index contributed by atoms with van der Waals surface area (Å²) in [7, 11) is -3.60. The van der Waals surface area contributed by atoms with Gasteiger partial charge in [0.25, 0.3) is 0 Å². The van der Waals surface area contributed by atoms with Crippen LogP contribution in [0.15, 0.2) is 9.31 Å². The van der Waals surface area contributed by atoms with Crippen LogP contribution >= 0.6 is 0 Å². The molecular weight excluding hydrogens is 292 g/mol. The van der Waals surface area contributed by atoms with E-state index < -0.39 is 10.0 Å². The first-order valence-corrected chi connectivity index (χ1v) is 8.83. The monoisotopic (exact) mass is 314 g/mol. The molecule has 0 spiro atoms. The highest BCUT2D eigenvalue weighted by molar-refractivity contribution is 7.89. The Morgan fingerprint density at radius 1 is 1.24 bits per heavy atom. The maximum Gasteiger partial charge on any atom is 0.247 e. The van der Waals surface area contributed by atoms with Gasteiger partial charge in [0.05, 0.1) is 6.61 Å². The minimum absolute atomic E-state index is 0.161. The van der Waals surface area contributed by atoms with Gasteiger partial charge in [0.2, 0.25) is 10.0 Å². The van der Waals surface area contributed by atoms with Crippen LogP contribution in [-0.4, -0.2) is 55.0 Å². The van der Waals surface area contributed by atoms with E-state index in [1.165, 1.54) is 0 Å². The summed E-state index contributed by atoms with van der Waals surface area (Å²) in [6.45, 7) is 5.92. The van der Waals surface area contributed by atoms with Crippen molar-refractivity contribution in [3.05, 3.63) is 17.1 Å². The summed E-state index contributed by atoms with van der Waals surface area (Å²) in [4.78, 5) is 2.53. The minimum atomic E-state index is -3.60. The molecule has 0 radical (unpaired) electrons. The second-order valence-corrected chi connectivity index (χ2v) is 7.75. The van der Waals surface area contributed by atoms with Crippen LogP contribution < -0.4 is 0 Å². The smallest absolute Gasteiger partial charge is 0.247 e. The fourth-order valence-electron chi connectivity index (χ4n) is 3.54. The molecule has 1 aromatic heterocycles. The molecule has 2 aliphatic heterocycles. The number of aliphatic hydroxyl groups excluding tert-OH is 1. The van der Waals surface area contributed by atoms with Crippen LogP contribution in [0, 0.1) is 13.8 Å². The lowest BCUT2D eigenvalue weighted by molar-refractivity contribution is 0.158. The SMILES string of the molecule is Cc1oc(C)c(S(=O)(=O)N2CCN3CCCC3C2)c1CO. The van der Waals surface area contributed by atoms with Gasteiger partial charge in [-0.3, -0.25) is 4.90 Å². The van der Waals surface area contributed by atoms with E-state index in [4.69, 9.17) is 4.42 Å². The van der Waals surface area contributed by atoms with Crippen LogP contribution in [0.2, 0.25) is 0 Å². The molecule has 3 heterocycles. The van der Waals surface area contributed by atoms with E-state index in [1.807, 2.05) is 0 Å². The molecule has 118 valence electrons. The number of nitrogens with zero attached hydrogens (tertiary/aromatic N) is 2. The molecule has 1 atom stereocenters. The summed E-state index contributed by atoms with van der Waals surface area (Å²) in [5.74, 6) is 0.846. The van der Waals surface area contributed by atoms with Crippen LogP contribution in [-0.2, 0) is 16.6 Å². The summed E-state index contributed by atoms with van der Waals surface area (Å²) in [5, 5.41) is 9.47. The predicted molar refractivity (Wildman–Crippen MR) is 77.5 cm³/mol. The maximum atomic E-state index is 12.9. The van der Waals surface area contributed by atoms with Crippen molar-refractivity contribution in [1.29, 1.82) is 0 Å². The van der Waals surface area contributed by atoms with Gasteiger partial charge in [-0.1, -0.05) is 0 Å². The van der Waals surface area contributed by atoms with Crippen molar-refractivity contribution < 1.29 is 17.9 Å². The van der Waals surface area contributed by atoms with Crippen molar-refractivity contribution >= 4 is 10.0 Å². The highest BCUT2D eigenvalue weighted by Crippen LogP contribution is 2.31. The molecule has 0 aliphatic carbocycles. The molecule has 0 amide bonds. The van der Waals surface area contributed by atoms with Crippen LogP contribution in [0.25, 0.3) is 0 Å². The Morgan fingerprint density at radius 2 is 2.00 bits per heavy atom. The fraction of sp³-hybridized carbons (Fsp3) is 0.714. The molecule has 1 unspecified atom stereocenters. The molecule has 7 heteroatoms. The van der Waals surface area contributed by atoms with Crippen LogP contribution in [0.4, 0.5) is 0 Å². The van der Waals surface area contributed by atoms with E-state index in [2.05, 4.69) is 4.90 Å². The Kier molecular flexibility index (Phi) is 3.85. The van der Waals surface area contributed by atoms with Crippen molar-refractivity contribution in [3.8, 4) is 0 Å². The molecule has 2 saturated heterocycles. The number of furan rings is 1. The van der Waals surface area contributed by atoms with Crippen LogP contribution in [0.1, 0.15) is 29.9 Å². The predicted octanol–water partition coefficient (Wildman–Crippen LogP) is 0.857. The van der Waals surface area contributed by atoms with Crippen molar-refractivity contribution in [1.82, 2.24) is 9.21 Å². The van der Waals surface area contributed by atoms with Gasteiger partial charge in [-0.15, -0.1) is 0 Å². The molecule has 21 heavy (non-hydrogen) atoms. The van der Waals surface area contributed by atoms with Crippen molar-refractivity contribution in [3.63, 3.8) is 0 Å². The van der Waals surface area contributed by atoms with E-state index in [9.17, 15) is 13.5 Å². The first-order valence-electron chi connectivity index (χ1n) is 7.39. The van der Waals surface area contributed by atoms with Gasteiger partial charge in [-0.2, -0.15) is 4.31 Å². The summed E-state index contributed by atoms with van der Waals surface area (Å²) < 4.78 is 32.8. The Morgan fingerprint density at radius 3 is 2.71 bits per heavy atom. The third-order valence-corrected chi connectivity index (χ3v) is 6.69. The summed E-state index contributed by atoms with van der Waals surface area (Å²) in [6.07, 6.45) is 2.20. The van der Waals surface area contributed by atoms with Gasteiger partial charge in [-0.05, 0) is 33.2 Å². The molecule has 0 saturated carbocycles. The molecule has 1 N–H and O–H groups in total. The lowest BCUT2D eigenvalue weighted by Crippen LogP contribution is -2.52. The lowest BCUT2D eigenvalue weighted by atomic mass is 10.2. The zero-order valence-corrected chi connectivity index (χ0v) is 13.3. The van der Waals surface area contributed by atoms with Gasteiger partial charge in [0.1, 0.15) is 16.4 Å². The number of hydrogen-bond acceptors (Lipinski definition) is 5. The number of piperazine rings is 1. The molecule has 3 rings (SSSR count). The molecule has 2 fully saturated rings. The number of fused-ring (bicyclic) bond motifs is 1. The van der Waals surface area contributed by atoms with Crippen LogP contribution in [0.5, 0.6) is 0 Å². The van der Waals surface area contributed by atoms with Crippen molar-refractivity contribution in [2.75, 3.05) is 26.2 Å². The Hall–Kier alpha value is -0.890. The van der Waals surface area contributed by atoms with E-state index in [0.717, 1.165) is 25.9 Å². The van der Waals surface area contributed by atoms with Crippen LogP contribution in [0.3, 0.4) is 0 Å². The molecular formula is C14H22N2O4S. The summed E-state index contributed by atoms with van der Waals surface area (Å²) >= 11 is 0. The second kappa shape index (κ2) is 5.39. The second-order valence-electron chi connectivity index (χ2n) is 5.88. The molecule has 6 nitrogen and oxygen atoms in total. The number of aryl methyl sites for hydroxylation is 2. The van der Waals surface area contributed by atoms with Crippen molar-refractivity contribution in [2.24, 2.45) is 0 Å². The van der Waals surface area contributed by atoms with E-state index in [0.29, 0.717) is 36.2 Å². The number of sulfonamides is 1. The highest BCUT2D eigenvalue weighted by Gasteiger charge is 2.38. The zero-order valence-electron chi connectivity index (χ0n) is 12.5. The topological polar surface area (TPSA) is 74.0 Å². The van der Waals surface area contributed by atoms with Gasteiger partial charge in [0, 0.05) is 31.2 Å². The minimum Gasteiger partial charge on any atom is -0.465 e. The van der Waals surface area contributed by atoms with E-state index in [1.54, 1.807) is 18.2 Å². The Balaban J connectivity index is 1.94. The van der Waals surface area contributed by atoms with Gasteiger partial charge in [-0.25, -0.2) is 8.42 Å². The molecule has 0 bridgehead atoms. The average molecular weight is 314 g/mol. The lowest BCUT2D eigenvalue weighted by Gasteiger charge is -2.36. The fourth-order valence-corrected chi connectivity index (χ4v) is 5.41. The van der Waals surface area contributed by atoms with E-state index >= 15 is 0 Å². The quantitative estimate of drug-likeness (QED) is 0.895. The Bertz CT molecular complexity index is 638. The highest BCUT2D eigenvalue weighted by atomic mass is 32.2.